The molecule has 1 aromatic carbocycles. The van der Waals surface area contributed by atoms with Crippen molar-refractivity contribution in [1.82, 2.24) is 0 Å². The number of hydrogen-bond donors (Lipinski definition) is 1. The van der Waals surface area contributed by atoms with Crippen LogP contribution in [0.1, 0.15) is 22.2 Å². The second kappa shape index (κ2) is 6.03. The molecule has 3 heteroatoms. The number of hydrogen-bond acceptors (Lipinski definition) is 3. The minimum absolute atomic E-state index is 0.640. The summed E-state index contributed by atoms with van der Waals surface area (Å²) in [7, 11) is 0. The number of nitrogens with two attached hydrogens (primary N) is 1. The van der Waals surface area contributed by atoms with Crippen LogP contribution < -0.4 is 10.6 Å². The van der Waals surface area contributed by atoms with Gasteiger partial charge in [0.05, 0.1) is 6.54 Å². The Morgan fingerprint density at radius 2 is 1.94 bits per heavy atom. The monoisotopic (exact) mass is 260 g/mol. The van der Waals surface area contributed by atoms with Crippen LogP contribution in [-0.2, 0) is 13.1 Å². The van der Waals surface area contributed by atoms with E-state index in [9.17, 15) is 0 Å². The molecule has 18 heavy (non-hydrogen) atoms. The third kappa shape index (κ3) is 3.12. The van der Waals surface area contributed by atoms with Gasteiger partial charge in [0.2, 0.25) is 0 Å². The van der Waals surface area contributed by atoms with Gasteiger partial charge < -0.3 is 10.6 Å². The summed E-state index contributed by atoms with van der Waals surface area (Å²) >= 11 is 1.81. The van der Waals surface area contributed by atoms with Gasteiger partial charge in [-0.1, -0.05) is 12.1 Å². The van der Waals surface area contributed by atoms with Gasteiger partial charge >= 0.3 is 0 Å². The molecule has 0 unspecified atom stereocenters. The number of thiophene rings is 1. The van der Waals surface area contributed by atoms with E-state index in [0.717, 1.165) is 13.1 Å². The fourth-order valence-corrected chi connectivity index (χ4v) is 2.93. The zero-order valence-corrected chi connectivity index (χ0v) is 11.8. The van der Waals surface area contributed by atoms with Crippen molar-refractivity contribution in [1.29, 1.82) is 0 Å². The lowest BCUT2D eigenvalue weighted by atomic mass is 10.2. The summed E-state index contributed by atoms with van der Waals surface area (Å²) in [6, 6.07) is 13.0. The quantitative estimate of drug-likeness (QED) is 0.891. The molecule has 0 bridgehead atoms. The van der Waals surface area contributed by atoms with Gasteiger partial charge in [0.1, 0.15) is 0 Å². The van der Waals surface area contributed by atoms with Crippen molar-refractivity contribution < 1.29 is 0 Å². The Balaban J connectivity index is 2.14. The Morgan fingerprint density at radius 1 is 1.17 bits per heavy atom. The van der Waals surface area contributed by atoms with Crippen molar-refractivity contribution in [2.75, 3.05) is 11.4 Å². The molecular weight excluding hydrogens is 240 g/mol. The van der Waals surface area contributed by atoms with Crippen molar-refractivity contribution >= 4 is 17.0 Å². The number of nitrogens with zero attached hydrogens (tertiary/aromatic N) is 1. The highest BCUT2D eigenvalue weighted by Crippen LogP contribution is 2.22. The first-order valence-corrected chi connectivity index (χ1v) is 7.14. The Hall–Kier alpha value is -1.32. The number of anilines is 1. The van der Waals surface area contributed by atoms with Gasteiger partial charge in [0.25, 0.3) is 0 Å². The molecule has 0 atom stereocenters. The van der Waals surface area contributed by atoms with Gasteiger partial charge in [0.15, 0.2) is 0 Å². The lowest BCUT2D eigenvalue weighted by Gasteiger charge is -2.22. The van der Waals surface area contributed by atoms with Crippen molar-refractivity contribution in [2.24, 2.45) is 5.73 Å². The van der Waals surface area contributed by atoms with Crippen molar-refractivity contribution in [3.05, 3.63) is 51.7 Å². The Kier molecular flexibility index (Phi) is 4.39. The molecule has 0 aliphatic rings. The third-order valence-corrected chi connectivity index (χ3v) is 4.11. The average Bonchev–Trinajstić information content (AvgIpc) is 2.83. The zero-order chi connectivity index (χ0) is 13.0. The standard InChI is InChI=1S/C15H20N2S/c1-3-17(13-6-4-5-12(2)9-13)11-15-8-7-14(10-16)18-15/h4-9H,3,10-11,16H2,1-2H3. The summed E-state index contributed by atoms with van der Waals surface area (Å²) in [5.74, 6) is 0. The summed E-state index contributed by atoms with van der Waals surface area (Å²) < 4.78 is 0. The van der Waals surface area contributed by atoms with Crippen LogP contribution in [0.3, 0.4) is 0 Å². The normalized spacial score (nSPS) is 10.6. The van der Waals surface area contributed by atoms with Crippen LogP contribution in [0.25, 0.3) is 0 Å². The van der Waals surface area contributed by atoms with Crippen molar-refractivity contribution in [3.63, 3.8) is 0 Å². The molecule has 0 saturated heterocycles. The van der Waals surface area contributed by atoms with Crippen LogP contribution >= 0.6 is 11.3 Å². The first kappa shape index (κ1) is 13.1. The second-order valence-electron chi connectivity index (χ2n) is 4.43. The lowest BCUT2D eigenvalue weighted by Crippen LogP contribution is -2.21. The number of aryl methyl sites for hydroxylation is 1. The number of rotatable bonds is 5. The Morgan fingerprint density at radius 3 is 2.56 bits per heavy atom. The highest BCUT2D eigenvalue weighted by atomic mass is 32.1. The van der Waals surface area contributed by atoms with Crippen LogP contribution in [0, 0.1) is 6.92 Å². The molecule has 0 fully saturated rings. The largest absolute Gasteiger partial charge is 0.367 e. The summed E-state index contributed by atoms with van der Waals surface area (Å²) in [5.41, 5.74) is 8.25. The van der Waals surface area contributed by atoms with Gasteiger partial charge in [-0.2, -0.15) is 0 Å². The molecule has 0 amide bonds. The topological polar surface area (TPSA) is 29.3 Å². The van der Waals surface area contributed by atoms with E-state index >= 15 is 0 Å². The first-order valence-electron chi connectivity index (χ1n) is 6.32. The summed E-state index contributed by atoms with van der Waals surface area (Å²) in [6.45, 7) is 6.94. The van der Waals surface area contributed by atoms with E-state index in [4.69, 9.17) is 5.73 Å². The highest BCUT2D eigenvalue weighted by Gasteiger charge is 2.07. The maximum atomic E-state index is 5.65. The van der Waals surface area contributed by atoms with Crippen LogP contribution in [0.5, 0.6) is 0 Å². The van der Waals surface area contributed by atoms with Crippen LogP contribution in [0.2, 0.25) is 0 Å². The Labute approximate surface area is 113 Å². The molecule has 96 valence electrons. The van der Waals surface area contributed by atoms with E-state index in [-0.39, 0.29) is 0 Å². The molecule has 2 N–H and O–H groups in total. The first-order chi connectivity index (χ1) is 8.72. The van der Waals surface area contributed by atoms with Crippen molar-refractivity contribution in [3.8, 4) is 0 Å². The minimum atomic E-state index is 0.640. The second-order valence-corrected chi connectivity index (χ2v) is 5.68. The molecule has 1 heterocycles. The molecule has 0 saturated carbocycles. The molecular formula is C15H20N2S. The van der Waals surface area contributed by atoms with Gasteiger partial charge in [-0.15, -0.1) is 11.3 Å². The summed E-state index contributed by atoms with van der Waals surface area (Å²) in [4.78, 5) is 5.02. The van der Waals surface area contributed by atoms with Crippen LogP contribution in [0.4, 0.5) is 5.69 Å². The molecule has 2 nitrogen and oxygen atoms in total. The number of benzene rings is 1. The predicted octanol–water partition coefficient (Wildman–Crippen LogP) is 3.54. The Bertz CT molecular complexity index is 505. The van der Waals surface area contributed by atoms with Crippen LogP contribution in [0.15, 0.2) is 36.4 Å². The van der Waals surface area contributed by atoms with E-state index in [0.29, 0.717) is 6.54 Å². The van der Waals surface area contributed by atoms with E-state index in [2.05, 4.69) is 55.1 Å². The molecule has 0 spiro atoms. The van der Waals surface area contributed by atoms with Gasteiger partial charge in [-0.3, -0.25) is 0 Å². The summed E-state index contributed by atoms with van der Waals surface area (Å²) in [5, 5.41) is 0. The van der Waals surface area contributed by atoms with E-state index in [1.165, 1.54) is 21.0 Å². The van der Waals surface area contributed by atoms with Gasteiger partial charge in [-0.05, 0) is 43.7 Å². The minimum Gasteiger partial charge on any atom is -0.367 e. The molecule has 0 aliphatic carbocycles. The molecule has 1 aromatic heterocycles. The van der Waals surface area contributed by atoms with E-state index in [1.54, 1.807) is 0 Å². The predicted molar refractivity (Wildman–Crippen MR) is 80.1 cm³/mol. The van der Waals surface area contributed by atoms with Gasteiger partial charge in [0, 0.05) is 28.5 Å². The summed E-state index contributed by atoms with van der Waals surface area (Å²) in [6.07, 6.45) is 0. The van der Waals surface area contributed by atoms with E-state index < -0.39 is 0 Å². The van der Waals surface area contributed by atoms with Crippen molar-refractivity contribution in [2.45, 2.75) is 26.9 Å². The zero-order valence-electron chi connectivity index (χ0n) is 11.0. The smallest absolute Gasteiger partial charge is 0.0522 e. The SMILES string of the molecule is CCN(Cc1ccc(CN)s1)c1cccc(C)c1. The lowest BCUT2D eigenvalue weighted by molar-refractivity contribution is 0.842. The maximum absolute atomic E-state index is 5.65. The molecule has 2 aromatic rings. The average molecular weight is 260 g/mol. The fourth-order valence-electron chi connectivity index (χ4n) is 2.02. The maximum Gasteiger partial charge on any atom is 0.0522 e. The van der Waals surface area contributed by atoms with E-state index in [1.807, 2.05) is 11.3 Å². The van der Waals surface area contributed by atoms with Crippen LogP contribution in [-0.4, -0.2) is 6.54 Å². The molecule has 0 radical (unpaired) electrons. The van der Waals surface area contributed by atoms with Gasteiger partial charge in [-0.25, -0.2) is 0 Å². The molecule has 2 rings (SSSR count). The molecule has 0 aliphatic heterocycles. The fraction of sp³-hybridized carbons (Fsp3) is 0.333. The third-order valence-electron chi connectivity index (χ3n) is 3.01. The highest BCUT2D eigenvalue weighted by molar-refractivity contribution is 7.12.